The quantitative estimate of drug-likeness (QED) is 0.0870. The van der Waals surface area contributed by atoms with Crippen molar-refractivity contribution in [2.24, 2.45) is 0 Å². The Morgan fingerprint density at radius 3 is 1.85 bits per heavy atom. The van der Waals surface area contributed by atoms with Gasteiger partial charge in [-0.25, -0.2) is 0 Å². The van der Waals surface area contributed by atoms with Crippen molar-refractivity contribution in [1.82, 2.24) is 0 Å². The van der Waals surface area contributed by atoms with Gasteiger partial charge < -0.3 is 4.43 Å². The van der Waals surface area contributed by atoms with E-state index in [4.69, 9.17) is 8.61 Å². The zero-order valence-corrected chi connectivity index (χ0v) is 27.9. The largest absolute Gasteiger partial charge is 0.407 e. The summed E-state index contributed by atoms with van der Waals surface area (Å²) in [5.74, 6) is 0. The molecule has 0 aliphatic carbocycles. The lowest BCUT2D eigenvalue weighted by Gasteiger charge is -2.43. The second-order valence-electron chi connectivity index (χ2n) is 11.3. The highest BCUT2D eigenvalue weighted by Crippen LogP contribution is 2.37. The number of rotatable bonds is 12. The van der Waals surface area contributed by atoms with E-state index in [0.29, 0.717) is 37.0 Å². The SMILES string of the molecule is C=C(I)C[C@@H](CCCO[Si](c1ccccc1)(c1ccccc1)C(C)(C)C)OS(=O)(=O)c1c(C)cc(C)cc1C. The first-order valence-electron chi connectivity index (χ1n) is 13.4. The van der Waals surface area contributed by atoms with Crippen molar-refractivity contribution in [2.45, 2.75) is 76.8 Å². The molecule has 0 unspecified atom stereocenters. The molecule has 0 heterocycles. The van der Waals surface area contributed by atoms with E-state index in [0.717, 1.165) is 9.14 Å². The van der Waals surface area contributed by atoms with Crippen LogP contribution in [0.1, 0.15) is 56.7 Å². The van der Waals surface area contributed by atoms with Gasteiger partial charge in [0, 0.05) is 13.0 Å². The predicted octanol–water partition coefficient (Wildman–Crippen LogP) is 7.38. The van der Waals surface area contributed by atoms with Gasteiger partial charge in [0.15, 0.2) is 0 Å². The molecule has 0 saturated heterocycles. The molecule has 0 saturated carbocycles. The smallest absolute Gasteiger partial charge is 0.297 e. The van der Waals surface area contributed by atoms with Crippen LogP contribution in [0.4, 0.5) is 0 Å². The highest BCUT2D eigenvalue weighted by molar-refractivity contribution is 14.1. The first-order chi connectivity index (χ1) is 18.3. The fraction of sp³-hybridized carbons (Fsp3) is 0.375. The van der Waals surface area contributed by atoms with Gasteiger partial charge in [0.25, 0.3) is 18.4 Å². The van der Waals surface area contributed by atoms with E-state index in [-0.39, 0.29) is 9.93 Å². The molecule has 0 N–H and O–H groups in total. The molecule has 0 radical (unpaired) electrons. The van der Waals surface area contributed by atoms with E-state index in [9.17, 15) is 8.42 Å². The molecule has 3 aromatic rings. The Hall–Kier alpha value is -1.78. The minimum absolute atomic E-state index is 0.119. The predicted molar refractivity (Wildman–Crippen MR) is 173 cm³/mol. The highest BCUT2D eigenvalue weighted by Gasteiger charge is 2.50. The van der Waals surface area contributed by atoms with Crippen molar-refractivity contribution < 1.29 is 17.0 Å². The average Bonchev–Trinajstić information content (AvgIpc) is 2.83. The summed E-state index contributed by atoms with van der Waals surface area (Å²) in [6.07, 6.45) is 1.16. The maximum absolute atomic E-state index is 13.4. The number of hydrogen-bond acceptors (Lipinski definition) is 4. The van der Waals surface area contributed by atoms with Gasteiger partial charge in [-0.2, -0.15) is 8.42 Å². The molecular weight excluding hydrogens is 635 g/mol. The minimum Gasteiger partial charge on any atom is -0.407 e. The van der Waals surface area contributed by atoms with Gasteiger partial charge >= 0.3 is 0 Å². The second kappa shape index (κ2) is 13.3. The Kier molecular flexibility index (Phi) is 10.8. The number of halogens is 1. The molecule has 210 valence electrons. The van der Waals surface area contributed by atoms with Crippen LogP contribution in [0, 0.1) is 20.8 Å². The van der Waals surface area contributed by atoms with Crippen LogP contribution in [0.5, 0.6) is 0 Å². The molecule has 4 nitrogen and oxygen atoms in total. The van der Waals surface area contributed by atoms with Crippen LogP contribution in [0.2, 0.25) is 5.04 Å². The molecule has 39 heavy (non-hydrogen) atoms. The molecule has 1 atom stereocenters. The minimum atomic E-state index is -3.93. The maximum atomic E-state index is 13.4. The number of aryl methyl sites for hydroxylation is 3. The summed E-state index contributed by atoms with van der Waals surface area (Å²) in [6, 6.07) is 24.8. The molecule has 3 rings (SSSR count). The Morgan fingerprint density at radius 1 is 0.923 bits per heavy atom. The average molecular weight is 677 g/mol. The van der Waals surface area contributed by atoms with Gasteiger partial charge in [-0.1, -0.05) is 106 Å². The molecular formula is C32H41IO4SSi. The van der Waals surface area contributed by atoms with Crippen LogP contribution in [0.25, 0.3) is 0 Å². The molecule has 0 fully saturated rings. The molecule has 3 aromatic carbocycles. The molecule has 0 aliphatic heterocycles. The van der Waals surface area contributed by atoms with Crippen LogP contribution in [-0.4, -0.2) is 29.4 Å². The lowest BCUT2D eigenvalue weighted by Crippen LogP contribution is -2.66. The fourth-order valence-corrected chi connectivity index (χ4v) is 12.1. The van der Waals surface area contributed by atoms with E-state index in [1.807, 2.05) is 45.0 Å². The molecule has 0 aromatic heterocycles. The zero-order valence-electron chi connectivity index (χ0n) is 24.0. The van der Waals surface area contributed by atoms with E-state index in [1.165, 1.54) is 10.4 Å². The summed E-state index contributed by atoms with van der Waals surface area (Å²) in [4.78, 5) is 0.265. The van der Waals surface area contributed by atoms with Crippen molar-refractivity contribution in [1.29, 1.82) is 0 Å². The van der Waals surface area contributed by atoms with Gasteiger partial charge in [-0.3, -0.25) is 4.18 Å². The monoisotopic (exact) mass is 676 g/mol. The van der Waals surface area contributed by atoms with Crippen LogP contribution < -0.4 is 10.4 Å². The van der Waals surface area contributed by atoms with Crippen molar-refractivity contribution in [3.05, 3.63) is 99.6 Å². The van der Waals surface area contributed by atoms with Crippen LogP contribution >= 0.6 is 22.6 Å². The Morgan fingerprint density at radius 2 is 1.41 bits per heavy atom. The van der Waals surface area contributed by atoms with E-state index in [2.05, 4.69) is 98.5 Å². The normalized spacial score (nSPS) is 13.3. The Bertz CT molecular complexity index is 1300. The first kappa shape index (κ1) is 31.7. The number of hydrogen-bond donors (Lipinski definition) is 0. The molecule has 0 aliphatic rings. The highest BCUT2D eigenvalue weighted by atomic mass is 127. The van der Waals surface area contributed by atoms with Crippen LogP contribution in [-0.2, 0) is 18.7 Å². The first-order valence-corrected chi connectivity index (χ1v) is 17.8. The summed E-state index contributed by atoms with van der Waals surface area (Å²) in [5.41, 5.74) is 2.44. The van der Waals surface area contributed by atoms with Crippen molar-refractivity contribution in [3.63, 3.8) is 0 Å². The third-order valence-corrected chi connectivity index (χ3v) is 14.1. The molecule has 0 spiro atoms. The third-order valence-electron chi connectivity index (χ3n) is 6.97. The summed E-state index contributed by atoms with van der Waals surface area (Å²) < 4.78 is 40.5. The molecule has 7 heteroatoms. The molecule has 0 bridgehead atoms. The zero-order chi connectivity index (χ0) is 28.8. The summed E-state index contributed by atoms with van der Waals surface area (Å²) in [6.45, 7) is 16.9. The van der Waals surface area contributed by atoms with Gasteiger partial charge in [-0.05, 0) is 86.3 Å². The van der Waals surface area contributed by atoms with Gasteiger partial charge in [0.1, 0.15) is 0 Å². The summed E-state index contributed by atoms with van der Waals surface area (Å²) in [7, 11) is -6.59. The Balaban J connectivity index is 1.84. The fourth-order valence-electron chi connectivity index (χ4n) is 5.52. The molecule has 0 amide bonds. The van der Waals surface area contributed by atoms with Gasteiger partial charge in [0.05, 0.1) is 11.0 Å². The third kappa shape index (κ3) is 7.70. The topological polar surface area (TPSA) is 52.6 Å². The van der Waals surface area contributed by atoms with Crippen molar-refractivity contribution in [3.8, 4) is 0 Å². The maximum Gasteiger partial charge on any atom is 0.297 e. The van der Waals surface area contributed by atoms with Gasteiger partial charge in [-0.15, -0.1) is 0 Å². The van der Waals surface area contributed by atoms with Crippen molar-refractivity contribution in [2.75, 3.05) is 6.61 Å². The lowest BCUT2D eigenvalue weighted by atomic mass is 10.1. The Labute approximate surface area is 250 Å². The number of benzene rings is 3. The van der Waals surface area contributed by atoms with E-state index in [1.54, 1.807) is 0 Å². The van der Waals surface area contributed by atoms with Crippen molar-refractivity contribution >= 4 is 51.4 Å². The van der Waals surface area contributed by atoms with Crippen LogP contribution in [0.3, 0.4) is 0 Å². The standard InChI is InChI=1S/C32H41IO4SSi/c1-24-21-25(2)31(26(3)22-24)38(34,35)37-28(23-27(4)33)15-14-20-36-39(32(5,6)7,29-16-10-8-11-17-29)30-18-12-9-13-19-30/h8-13,16-19,21-22,28H,4,14-15,20,23H2,1-3,5-7H3/t28-/m1/s1. The van der Waals surface area contributed by atoms with E-state index < -0.39 is 24.5 Å². The lowest BCUT2D eigenvalue weighted by molar-refractivity contribution is 0.183. The second-order valence-corrected chi connectivity index (χ2v) is 18.6. The van der Waals surface area contributed by atoms with Gasteiger partial charge in [0.2, 0.25) is 0 Å². The van der Waals surface area contributed by atoms with E-state index >= 15 is 0 Å². The summed E-state index contributed by atoms with van der Waals surface area (Å²) in [5, 5.41) is 2.33. The summed E-state index contributed by atoms with van der Waals surface area (Å²) >= 11 is 2.15. The van der Waals surface area contributed by atoms with Crippen LogP contribution in [0.15, 0.2) is 87.9 Å².